The molecule has 1 atom stereocenters. The summed E-state index contributed by atoms with van der Waals surface area (Å²) < 4.78 is 13.0. The normalized spacial score (nSPS) is 11.4. The van der Waals surface area contributed by atoms with E-state index in [4.69, 9.17) is 5.26 Å². The summed E-state index contributed by atoms with van der Waals surface area (Å²) in [6.45, 7) is 0. The molecule has 4 heteroatoms. The number of halogens is 1. The molecule has 0 saturated heterocycles. The number of nitriles is 1. The predicted molar refractivity (Wildman–Crippen MR) is 74.4 cm³/mol. The van der Waals surface area contributed by atoms with Crippen molar-refractivity contribution in [3.05, 3.63) is 66.0 Å². The summed E-state index contributed by atoms with van der Waals surface area (Å²) in [7, 11) is 0. The fourth-order valence-electron chi connectivity index (χ4n) is 1.89. The summed E-state index contributed by atoms with van der Waals surface area (Å²) in [5.74, 6) is -1.24. The van der Waals surface area contributed by atoms with Gasteiger partial charge in [-0.25, -0.2) is 4.39 Å². The minimum atomic E-state index is -0.509. The number of anilines is 1. The van der Waals surface area contributed by atoms with Crippen LogP contribution in [-0.2, 0) is 4.79 Å². The highest BCUT2D eigenvalue weighted by Crippen LogP contribution is 2.19. The summed E-state index contributed by atoms with van der Waals surface area (Å²) in [5, 5.41) is 11.7. The van der Waals surface area contributed by atoms with Crippen LogP contribution in [0.1, 0.15) is 17.9 Å². The van der Waals surface area contributed by atoms with Gasteiger partial charge in [0.1, 0.15) is 5.82 Å². The van der Waals surface area contributed by atoms with Crippen molar-refractivity contribution >= 4 is 11.6 Å². The van der Waals surface area contributed by atoms with E-state index in [2.05, 4.69) is 11.4 Å². The molecule has 1 unspecified atom stereocenters. The molecule has 1 N–H and O–H groups in total. The van der Waals surface area contributed by atoms with Crippen molar-refractivity contribution in [2.24, 2.45) is 0 Å². The molecule has 0 radical (unpaired) electrons. The third-order valence-electron chi connectivity index (χ3n) is 2.86. The Morgan fingerprint density at radius 1 is 1.20 bits per heavy atom. The minimum absolute atomic E-state index is 0.0387. The Morgan fingerprint density at radius 3 is 2.60 bits per heavy atom. The summed E-state index contributed by atoms with van der Waals surface area (Å²) >= 11 is 0. The molecule has 0 aliphatic carbocycles. The van der Waals surface area contributed by atoms with E-state index in [9.17, 15) is 9.18 Å². The fraction of sp³-hybridized carbons (Fsp3) is 0.125. The van der Waals surface area contributed by atoms with Crippen molar-refractivity contribution in [1.29, 1.82) is 5.26 Å². The molecule has 0 aliphatic heterocycles. The van der Waals surface area contributed by atoms with Gasteiger partial charge in [-0.15, -0.1) is 0 Å². The molecular formula is C16H13FN2O. The number of carbonyl (C=O) groups is 1. The largest absolute Gasteiger partial charge is 0.326 e. The topological polar surface area (TPSA) is 52.9 Å². The molecular weight excluding hydrogens is 255 g/mol. The lowest BCUT2D eigenvalue weighted by Crippen LogP contribution is -2.15. The Bertz CT molecular complexity index is 634. The lowest BCUT2D eigenvalue weighted by molar-refractivity contribution is -0.116. The average molecular weight is 268 g/mol. The van der Waals surface area contributed by atoms with E-state index in [1.165, 1.54) is 18.2 Å². The SMILES string of the molecule is N#CC(CC(=O)Nc1cccc(F)c1)c1ccccc1. The Labute approximate surface area is 116 Å². The van der Waals surface area contributed by atoms with Crippen LogP contribution in [0.3, 0.4) is 0 Å². The molecule has 0 aliphatic rings. The second-order valence-electron chi connectivity index (χ2n) is 4.36. The minimum Gasteiger partial charge on any atom is -0.326 e. The van der Waals surface area contributed by atoms with Gasteiger partial charge in [-0.2, -0.15) is 5.26 Å². The summed E-state index contributed by atoms with van der Waals surface area (Å²) in [5.41, 5.74) is 1.18. The van der Waals surface area contributed by atoms with Gasteiger partial charge in [0.15, 0.2) is 0 Å². The molecule has 0 heterocycles. The van der Waals surface area contributed by atoms with Crippen LogP contribution in [-0.4, -0.2) is 5.91 Å². The Kier molecular flexibility index (Phi) is 4.46. The fourth-order valence-corrected chi connectivity index (χ4v) is 1.89. The molecule has 0 bridgehead atoms. The Morgan fingerprint density at radius 2 is 1.95 bits per heavy atom. The maximum absolute atomic E-state index is 13.0. The van der Waals surface area contributed by atoms with E-state index in [1.54, 1.807) is 6.07 Å². The molecule has 1 amide bonds. The van der Waals surface area contributed by atoms with Crippen molar-refractivity contribution in [2.45, 2.75) is 12.3 Å². The van der Waals surface area contributed by atoms with Gasteiger partial charge in [-0.1, -0.05) is 36.4 Å². The Balaban J connectivity index is 2.02. The first kappa shape index (κ1) is 13.8. The summed E-state index contributed by atoms with van der Waals surface area (Å²) in [6.07, 6.45) is 0.0387. The van der Waals surface area contributed by atoms with E-state index in [-0.39, 0.29) is 12.3 Å². The van der Waals surface area contributed by atoms with Crippen molar-refractivity contribution in [3.8, 4) is 6.07 Å². The van der Waals surface area contributed by atoms with E-state index in [0.29, 0.717) is 5.69 Å². The third kappa shape index (κ3) is 3.66. The van der Waals surface area contributed by atoms with Gasteiger partial charge >= 0.3 is 0 Å². The number of nitrogens with one attached hydrogen (secondary N) is 1. The zero-order valence-electron chi connectivity index (χ0n) is 10.7. The van der Waals surface area contributed by atoms with Crippen LogP contribution in [0.15, 0.2) is 54.6 Å². The van der Waals surface area contributed by atoms with E-state index >= 15 is 0 Å². The maximum Gasteiger partial charge on any atom is 0.226 e. The van der Waals surface area contributed by atoms with Gasteiger partial charge in [-0.3, -0.25) is 4.79 Å². The van der Waals surface area contributed by atoms with Gasteiger partial charge in [-0.05, 0) is 23.8 Å². The average Bonchev–Trinajstić information content (AvgIpc) is 2.45. The van der Waals surface area contributed by atoms with Crippen LogP contribution in [0.4, 0.5) is 10.1 Å². The monoisotopic (exact) mass is 268 g/mol. The molecule has 20 heavy (non-hydrogen) atoms. The predicted octanol–water partition coefficient (Wildman–Crippen LogP) is 3.46. The quantitative estimate of drug-likeness (QED) is 0.923. The number of hydrogen-bond acceptors (Lipinski definition) is 2. The van der Waals surface area contributed by atoms with Crippen molar-refractivity contribution < 1.29 is 9.18 Å². The Hall–Kier alpha value is -2.67. The van der Waals surface area contributed by atoms with E-state index in [1.807, 2.05) is 30.3 Å². The molecule has 0 fully saturated rings. The van der Waals surface area contributed by atoms with Crippen LogP contribution in [0.5, 0.6) is 0 Å². The molecule has 100 valence electrons. The number of nitrogens with zero attached hydrogens (tertiary/aromatic N) is 1. The lowest BCUT2D eigenvalue weighted by atomic mass is 9.97. The molecule has 2 aromatic rings. The van der Waals surface area contributed by atoms with Crippen molar-refractivity contribution in [2.75, 3.05) is 5.32 Å². The van der Waals surface area contributed by atoms with Crippen LogP contribution in [0.2, 0.25) is 0 Å². The zero-order chi connectivity index (χ0) is 14.4. The highest BCUT2D eigenvalue weighted by Gasteiger charge is 2.15. The highest BCUT2D eigenvalue weighted by molar-refractivity contribution is 5.91. The number of rotatable bonds is 4. The molecule has 2 aromatic carbocycles. The zero-order valence-corrected chi connectivity index (χ0v) is 10.7. The first-order valence-corrected chi connectivity index (χ1v) is 6.19. The van der Waals surface area contributed by atoms with Crippen LogP contribution >= 0.6 is 0 Å². The summed E-state index contributed by atoms with van der Waals surface area (Å²) in [6, 6.07) is 16.9. The smallest absolute Gasteiger partial charge is 0.226 e. The molecule has 0 spiro atoms. The van der Waals surface area contributed by atoms with Crippen molar-refractivity contribution in [1.82, 2.24) is 0 Å². The van der Waals surface area contributed by atoms with Gasteiger partial charge in [0, 0.05) is 12.1 Å². The first-order chi connectivity index (χ1) is 9.69. The van der Waals surface area contributed by atoms with Crippen molar-refractivity contribution in [3.63, 3.8) is 0 Å². The first-order valence-electron chi connectivity index (χ1n) is 6.19. The lowest BCUT2D eigenvalue weighted by Gasteiger charge is -2.10. The number of carbonyl (C=O) groups excluding carboxylic acids is 1. The highest BCUT2D eigenvalue weighted by atomic mass is 19.1. The number of amides is 1. The second kappa shape index (κ2) is 6.48. The molecule has 2 rings (SSSR count). The standard InChI is InChI=1S/C16H13FN2O/c17-14-7-4-8-15(10-14)19-16(20)9-13(11-18)12-5-2-1-3-6-12/h1-8,10,13H,9H2,(H,19,20). The molecule has 3 nitrogen and oxygen atoms in total. The van der Waals surface area contributed by atoms with Gasteiger partial charge in [0.05, 0.1) is 12.0 Å². The third-order valence-corrected chi connectivity index (χ3v) is 2.86. The maximum atomic E-state index is 13.0. The van der Waals surface area contributed by atoms with Crippen LogP contribution in [0, 0.1) is 17.1 Å². The van der Waals surface area contributed by atoms with E-state index < -0.39 is 11.7 Å². The summed E-state index contributed by atoms with van der Waals surface area (Å²) in [4.78, 5) is 11.9. The number of hydrogen-bond donors (Lipinski definition) is 1. The van der Waals surface area contributed by atoms with Gasteiger partial charge in [0.25, 0.3) is 0 Å². The van der Waals surface area contributed by atoms with Gasteiger partial charge in [0.2, 0.25) is 5.91 Å². The van der Waals surface area contributed by atoms with E-state index in [0.717, 1.165) is 5.56 Å². The molecule has 0 aromatic heterocycles. The number of benzene rings is 2. The van der Waals surface area contributed by atoms with Crippen LogP contribution < -0.4 is 5.32 Å². The van der Waals surface area contributed by atoms with Crippen LogP contribution in [0.25, 0.3) is 0 Å². The molecule has 0 saturated carbocycles. The van der Waals surface area contributed by atoms with Gasteiger partial charge < -0.3 is 5.32 Å². The second-order valence-corrected chi connectivity index (χ2v) is 4.36.